The van der Waals surface area contributed by atoms with Crippen molar-refractivity contribution in [2.75, 3.05) is 26.2 Å². The van der Waals surface area contributed by atoms with Gasteiger partial charge in [0.05, 0.1) is 18.5 Å². The molecule has 3 aliphatic rings. The van der Waals surface area contributed by atoms with Gasteiger partial charge in [-0.1, -0.05) is 18.2 Å². The molecule has 4 rings (SSSR count). The molecule has 1 aromatic carbocycles. The Balaban J connectivity index is 1.44. The summed E-state index contributed by atoms with van der Waals surface area (Å²) in [5, 5.41) is 2.74. The van der Waals surface area contributed by atoms with Crippen LogP contribution >= 0.6 is 0 Å². The van der Waals surface area contributed by atoms with E-state index in [1.165, 1.54) is 12.1 Å². The van der Waals surface area contributed by atoms with Crippen LogP contribution in [-0.2, 0) is 15.8 Å². The maximum absolute atomic E-state index is 13.3. The number of carbonyl (C=O) groups excluding carboxylic acids is 2. The van der Waals surface area contributed by atoms with Crippen LogP contribution in [0.25, 0.3) is 0 Å². The second-order valence-electron chi connectivity index (χ2n) is 7.35. The fourth-order valence-corrected chi connectivity index (χ4v) is 4.20. The first-order chi connectivity index (χ1) is 13.3. The van der Waals surface area contributed by atoms with E-state index in [2.05, 4.69) is 10.3 Å². The Kier molecular flexibility index (Phi) is 4.72. The average molecular weight is 391 g/mol. The number of rotatable bonds is 2. The smallest absolute Gasteiger partial charge is 0.352 e. The molecule has 0 spiro atoms. The summed E-state index contributed by atoms with van der Waals surface area (Å²) >= 11 is 0. The first kappa shape index (κ1) is 18.7. The standard InChI is InChI=1S/C20H20F3N3O2/c21-20(22,23)16-4-2-1-3-14(16)12-5-7-26(8-6-12)19(28)18-15-11-24-17(27)9-13(15)10-25-18/h1-4,12H,5-11H2,(H,24,27). The number of carbonyl (C=O) groups is 2. The van der Waals surface area contributed by atoms with Crippen LogP contribution in [0.3, 0.4) is 0 Å². The summed E-state index contributed by atoms with van der Waals surface area (Å²) in [7, 11) is 0. The molecule has 0 atom stereocenters. The van der Waals surface area contributed by atoms with Crippen molar-refractivity contribution in [2.24, 2.45) is 4.99 Å². The van der Waals surface area contributed by atoms with E-state index >= 15 is 0 Å². The normalized spacial score (nSPS) is 20.8. The van der Waals surface area contributed by atoms with Crippen LogP contribution in [0.4, 0.5) is 13.2 Å². The molecule has 1 saturated heterocycles. The summed E-state index contributed by atoms with van der Waals surface area (Å²) < 4.78 is 39.8. The molecule has 5 nitrogen and oxygen atoms in total. The lowest BCUT2D eigenvalue weighted by molar-refractivity contribution is -0.138. The Morgan fingerprint density at radius 2 is 1.89 bits per heavy atom. The van der Waals surface area contributed by atoms with E-state index in [0.717, 1.165) is 17.2 Å². The zero-order valence-electron chi connectivity index (χ0n) is 15.2. The van der Waals surface area contributed by atoms with Crippen molar-refractivity contribution < 1.29 is 22.8 Å². The molecule has 0 unspecified atom stereocenters. The van der Waals surface area contributed by atoms with Gasteiger partial charge in [0.2, 0.25) is 5.91 Å². The molecule has 3 aliphatic heterocycles. The van der Waals surface area contributed by atoms with Gasteiger partial charge in [0.1, 0.15) is 5.71 Å². The van der Waals surface area contributed by atoms with Gasteiger partial charge in [0.15, 0.2) is 0 Å². The van der Waals surface area contributed by atoms with Crippen molar-refractivity contribution in [1.29, 1.82) is 0 Å². The molecule has 1 fully saturated rings. The molecule has 28 heavy (non-hydrogen) atoms. The number of halogens is 3. The Morgan fingerprint density at radius 3 is 2.61 bits per heavy atom. The van der Waals surface area contributed by atoms with Crippen LogP contribution in [0.1, 0.15) is 36.3 Å². The highest BCUT2D eigenvalue weighted by Gasteiger charge is 2.37. The maximum Gasteiger partial charge on any atom is 0.416 e. The van der Waals surface area contributed by atoms with Crippen molar-refractivity contribution in [2.45, 2.75) is 31.4 Å². The van der Waals surface area contributed by atoms with Crippen molar-refractivity contribution in [1.82, 2.24) is 10.2 Å². The molecule has 3 heterocycles. The summed E-state index contributed by atoms with van der Waals surface area (Å²) in [5.41, 5.74) is 1.80. The van der Waals surface area contributed by atoms with E-state index in [4.69, 9.17) is 0 Å². The minimum Gasteiger partial charge on any atom is -0.352 e. The zero-order valence-corrected chi connectivity index (χ0v) is 15.2. The molecule has 148 valence electrons. The molecule has 0 radical (unpaired) electrons. The minimum atomic E-state index is -4.38. The number of nitrogens with one attached hydrogen (secondary N) is 1. The van der Waals surface area contributed by atoms with Gasteiger partial charge in [-0.15, -0.1) is 0 Å². The minimum absolute atomic E-state index is 0.0632. The third-order valence-corrected chi connectivity index (χ3v) is 5.67. The first-order valence-corrected chi connectivity index (χ1v) is 9.32. The van der Waals surface area contributed by atoms with Crippen molar-refractivity contribution in [3.63, 3.8) is 0 Å². The van der Waals surface area contributed by atoms with Gasteiger partial charge >= 0.3 is 6.18 Å². The highest BCUT2D eigenvalue weighted by atomic mass is 19.4. The number of piperidine rings is 1. The van der Waals surface area contributed by atoms with Crippen LogP contribution in [0.15, 0.2) is 40.4 Å². The predicted octanol–water partition coefficient (Wildman–Crippen LogP) is 2.68. The number of amides is 2. The lowest BCUT2D eigenvalue weighted by Gasteiger charge is -2.33. The second-order valence-corrected chi connectivity index (χ2v) is 7.35. The number of likely N-dealkylation sites (tertiary alicyclic amines) is 1. The first-order valence-electron chi connectivity index (χ1n) is 9.32. The SMILES string of the molecule is O=C1CC2=C(CN1)C(C(=O)N1CCC(c3ccccc3C(F)(F)F)CC1)=NC2. The number of alkyl halides is 3. The highest BCUT2D eigenvalue weighted by Crippen LogP contribution is 2.38. The maximum atomic E-state index is 13.3. The second kappa shape index (κ2) is 7.07. The topological polar surface area (TPSA) is 61.8 Å². The third-order valence-electron chi connectivity index (χ3n) is 5.67. The van der Waals surface area contributed by atoms with Crippen LogP contribution in [0, 0.1) is 0 Å². The molecular formula is C20H20F3N3O2. The monoisotopic (exact) mass is 391 g/mol. The third kappa shape index (κ3) is 3.43. The Labute approximate surface area is 160 Å². The Morgan fingerprint density at radius 1 is 1.18 bits per heavy atom. The number of hydrogen-bond donors (Lipinski definition) is 1. The molecular weight excluding hydrogens is 371 g/mol. The van der Waals surface area contributed by atoms with E-state index in [1.807, 2.05) is 0 Å². The number of benzene rings is 1. The molecule has 2 amide bonds. The van der Waals surface area contributed by atoms with Gasteiger partial charge in [-0.2, -0.15) is 13.2 Å². The largest absolute Gasteiger partial charge is 0.416 e. The van der Waals surface area contributed by atoms with Crippen molar-refractivity contribution in [3.8, 4) is 0 Å². The van der Waals surface area contributed by atoms with E-state index in [9.17, 15) is 22.8 Å². The summed E-state index contributed by atoms with van der Waals surface area (Å²) in [5.74, 6) is -0.480. The van der Waals surface area contributed by atoms with Crippen LogP contribution < -0.4 is 5.32 Å². The molecule has 8 heteroatoms. The molecule has 0 saturated carbocycles. The van der Waals surface area contributed by atoms with E-state index < -0.39 is 11.7 Å². The quantitative estimate of drug-likeness (QED) is 0.843. The summed E-state index contributed by atoms with van der Waals surface area (Å²) in [6, 6.07) is 5.68. The highest BCUT2D eigenvalue weighted by molar-refractivity contribution is 6.46. The van der Waals surface area contributed by atoms with Crippen LogP contribution in [-0.4, -0.2) is 48.6 Å². The Hall–Kier alpha value is -2.64. The van der Waals surface area contributed by atoms with Crippen molar-refractivity contribution in [3.05, 3.63) is 46.5 Å². The van der Waals surface area contributed by atoms with Gasteiger partial charge in [0.25, 0.3) is 5.91 Å². The van der Waals surface area contributed by atoms with Crippen LogP contribution in [0.5, 0.6) is 0 Å². The summed E-state index contributed by atoms with van der Waals surface area (Å²) in [6.07, 6.45) is -3.15. The van der Waals surface area contributed by atoms with Gasteiger partial charge in [-0.25, -0.2) is 0 Å². The molecule has 1 N–H and O–H groups in total. The van der Waals surface area contributed by atoms with E-state index in [-0.39, 0.29) is 24.2 Å². The van der Waals surface area contributed by atoms with Gasteiger partial charge in [-0.3, -0.25) is 14.6 Å². The lowest BCUT2D eigenvalue weighted by Crippen LogP contribution is -2.43. The molecule has 1 aromatic rings. The predicted molar refractivity (Wildman–Crippen MR) is 97.0 cm³/mol. The fraction of sp³-hybridized carbons (Fsp3) is 0.450. The van der Waals surface area contributed by atoms with Gasteiger partial charge < -0.3 is 10.2 Å². The lowest BCUT2D eigenvalue weighted by atomic mass is 9.86. The number of nitrogens with zero attached hydrogens (tertiary/aromatic N) is 2. The van der Waals surface area contributed by atoms with Crippen LogP contribution in [0.2, 0.25) is 0 Å². The Bertz CT molecular complexity index is 881. The zero-order chi connectivity index (χ0) is 19.9. The van der Waals surface area contributed by atoms with Crippen molar-refractivity contribution >= 4 is 17.5 Å². The molecule has 0 aliphatic carbocycles. The molecule has 0 aromatic heterocycles. The number of hydrogen-bond acceptors (Lipinski definition) is 3. The fourth-order valence-electron chi connectivity index (χ4n) is 4.20. The van der Waals surface area contributed by atoms with Gasteiger partial charge in [-0.05, 0) is 36.0 Å². The molecule has 0 bridgehead atoms. The number of aliphatic imine (C=N–C) groups is 1. The van der Waals surface area contributed by atoms with E-state index in [1.54, 1.807) is 11.0 Å². The summed E-state index contributed by atoms with van der Waals surface area (Å²) in [4.78, 5) is 30.3. The summed E-state index contributed by atoms with van der Waals surface area (Å²) in [6.45, 7) is 1.47. The average Bonchev–Trinajstić information content (AvgIpc) is 3.10. The van der Waals surface area contributed by atoms with Gasteiger partial charge in [0, 0.05) is 25.2 Å². The van der Waals surface area contributed by atoms with E-state index in [0.29, 0.717) is 50.3 Å².